The molecule has 1 rings (SSSR count). The van der Waals surface area contributed by atoms with E-state index in [1.807, 2.05) is 37.3 Å². The van der Waals surface area contributed by atoms with Gasteiger partial charge in [0.1, 0.15) is 6.61 Å². The molecule has 0 radical (unpaired) electrons. The highest BCUT2D eigenvalue weighted by Crippen LogP contribution is 2.24. The summed E-state index contributed by atoms with van der Waals surface area (Å²) in [6, 6.07) is 9.26. The Kier molecular flexibility index (Phi) is 6.26. The number of carbonyl (C=O) groups is 1. The molecular weight excluding hydrogens is 239 g/mol. The SMILES string of the molecule is CCCC[P+](=O)OC(=O)OCc1ccccc1. The van der Waals surface area contributed by atoms with Gasteiger partial charge in [0.2, 0.25) is 0 Å². The first-order valence-corrected chi connectivity index (χ1v) is 6.92. The summed E-state index contributed by atoms with van der Waals surface area (Å²) in [6.45, 7) is 2.12. The Bertz CT molecular complexity index is 364. The van der Waals surface area contributed by atoms with Gasteiger partial charge in [-0.15, -0.1) is 0 Å². The summed E-state index contributed by atoms with van der Waals surface area (Å²) in [5, 5.41) is 0. The summed E-state index contributed by atoms with van der Waals surface area (Å²) < 4.78 is 20.7. The van der Waals surface area contributed by atoms with Crippen LogP contribution >= 0.6 is 8.03 Å². The third-order valence-electron chi connectivity index (χ3n) is 2.07. The van der Waals surface area contributed by atoms with Crippen molar-refractivity contribution in [2.45, 2.75) is 26.4 Å². The molecule has 0 aliphatic heterocycles. The number of unbranched alkanes of at least 4 members (excludes halogenated alkanes) is 1. The van der Waals surface area contributed by atoms with Crippen molar-refractivity contribution in [1.29, 1.82) is 0 Å². The maximum atomic E-state index is 11.2. The van der Waals surface area contributed by atoms with E-state index < -0.39 is 14.2 Å². The van der Waals surface area contributed by atoms with Crippen LogP contribution in [0.1, 0.15) is 25.3 Å². The molecule has 0 aliphatic rings. The van der Waals surface area contributed by atoms with Gasteiger partial charge in [0.05, 0.1) is 0 Å². The Morgan fingerprint density at radius 2 is 2.00 bits per heavy atom. The van der Waals surface area contributed by atoms with Crippen LogP contribution in [0.15, 0.2) is 30.3 Å². The molecule has 0 saturated heterocycles. The van der Waals surface area contributed by atoms with Crippen LogP contribution in [0.3, 0.4) is 0 Å². The van der Waals surface area contributed by atoms with Crippen LogP contribution in [-0.4, -0.2) is 12.3 Å². The summed E-state index contributed by atoms with van der Waals surface area (Å²) in [4.78, 5) is 11.2. The Morgan fingerprint density at radius 1 is 1.29 bits per heavy atom. The third kappa shape index (κ3) is 6.03. The number of rotatable bonds is 6. The number of carbonyl (C=O) groups excluding carboxylic acids is 1. The van der Waals surface area contributed by atoms with E-state index >= 15 is 0 Å². The van der Waals surface area contributed by atoms with Crippen molar-refractivity contribution >= 4 is 14.2 Å². The average Bonchev–Trinajstić information content (AvgIpc) is 2.35. The van der Waals surface area contributed by atoms with Crippen molar-refractivity contribution < 1.29 is 18.6 Å². The molecule has 0 spiro atoms. The molecular formula is C12H16O4P+. The first-order chi connectivity index (χ1) is 8.22. The lowest BCUT2D eigenvalue weighted by Gasteiger charge is -1.99. The van der Waals surface area contributed by atoms with Gasteiger partial charge in [-0.3, -0.25) is 0 Å². The van der Waals surface area contributed by atoms with Gasteiger partial charge >= 0.3 is 14.2 Å². The van der Waals surface area contributed by atoms with E-state index in [9.17, 15) is 9.36 Å². The normalized spacial score (nSPS) is 10.8. The molecule has 1 atom stereocenters. The van der Waals surface area contributed by atoms with Crippen LogP contribution in [-0.2, 0) is 20.4 Å². The topological polar surface area (TPSA) is 52.6 Å². The zero-order valence-electron chi connectivity index (χ0n) is 9.80. The van der Waals surface area contributed by atoms with Crippen molar-refractivity contribution in [3.63, 3.8) is 0 Å². The van der Waals surface area contributed by atoms with Gasteiger partial charge in [-0.2, -0.15) is 9.32 Å². The zero-order chi connectivity index (χ0) is 12.5. The second-order valence-corrected chi connectivity index (χ2v) is 4.82. The Morgan fingerprint density at radius 3 is 2.65 bits per heavy atom. The number of ether oxygens (including phenoxy) is 1. The highest BCUT2D eigenvalue weighted by molar-refractivity contribution is 7.39. The fourth-order valence-electron chi connectivity index (χ4n) is 1.16. The summed E-state index contributed by atoms with van der Waals surface area (Å²) in [5.74, 6) is 0. The molecule has 0 saturated carbocycles. The average molecular weight is 255 g/mol. The molecule has 0 aromatic heterocycles. The molecule has 0 amide bonds. The molecule has 0 aliphatic carbocycles. The molecule has 0 fully saturated rings. The molecule has 0 bridgehead atoms. The smallest absolute Gasteiger partial charge is 0.427 e. The molecule has 1 unspecified atom stereocenters. The number of hydrogen-bond acceptors (Lipinski definition) is 4. The Hall–Kier alpha value is -1.41. The minimum atomic E-state index is -1.93. The van der Waals surface area contributed by atoms with E-state index in [-0.39, 0.29) is 6.61 Å². The van der Waals surface area contributed by atoms with Crippen LogP contribution in [0, 0.1) is 0 Å². The van der Waals surface area contributed by atoms with Gasteiger partial charge in [-0.05, 0) is 16.5 Å². The highest BCUT2D eigenvalue weighted by Gasteiger charge is 2.23. The Balaban J connectivity index is 2.24. The minimum Gasteiger partial charge on any atom is -0.427 e. The van der Waals surface area contributed by atoms with Crippen molar-refractivity contribution in [2.24, 2.45) is 0 Å². The van der Waals surface area contributed by atoms with Gasteiger partial charge in [0.25, 0.3) is 0 Å². The van der Waals surface area contributed by atoms with Gasteiger partial charge in [-0.25, -0.2) is 0 Å². The van der Waals surface area contributed by atoms with Crippen LogP contribution in [0.25, 0.3) is 0 Å². The van der Waals surface area contributed by atoms with Crippen molar-refractivity contribution in [1.82, 2.24) is 0 Å². The second-order valence-electron chi connectivity index (χ2n) is 3.53. The molecule has 5 heteroatoms. The third-order valence-corrected chi connectivity index (χ3v) is 3.10. The van der Waals surface area contributed by atoms with E-state index in [1.54, 1.807) is 0 Å². The maximum absolute atomic E-state index is 11.2. The maximum Gasteiger partial charge on any atom is 0.562 e. The standard InChI is InChI=1S/C12H16O4P/c1-2-3-9-17(14)16-12(13)15-10-11-7-5-4-6-8-11/h4-8H,2-3,9-10H2,1H3/q+1. The summed E-state index contributed by atoms with van der Waals surface area (Å²) >= 11 is 0. The Labute approximate surface area is 102 Å². The van der Waals surface area contributed by atoms with Crippen molar-refractivity contribution in [3.8, 4) is 0 Å². The quantitative estimate of drug-likeness (QED) is 0.571. The molecule has 1 aromatic carbocycles. The van der Waals surface area contributed by atoms with Crippen LogP contribution in [0.4, 0.5) is 4.79 Å². The van der Waals surface area contributed by atoms with E-state index in [1.165, 1.54) is 0 Å². The van der Waals surface area contributed by atoms with Gasteiger partial charge in [0, 0.05) is 0 Å². The summed E-state index contributed by atoms with van der Waals surface area (Å²) in [7, 11) is -1.93. The first-order valence-electron chi connectivity index (χ1n) is 5.55. The van der Waals surface area contributed by atoms with Gasteiger partial charge < -0.3 is 4.74 Å². The van der Waals surface area contributed by atoms with Gasteiger partial charge in [-0.1, -0.05) is 43.7 Å². The zero-order valence-corrected chi connectivity index (χ0v) is 10.7. The van der Waals surface area contributed by atoms with Crippen molar-refractivity contribution in [3.05, 3.63) is 35.9 Å². The minimum absolute atomic E-state index is 0.136. The molecule has 17 heavy (non-hydrogen) atoms. The van der Waals surface area contributed by atoms with E-state index in [4.69, 9.17) is 4.74 Å². The fourth-order valence-corrected chi connectivity index (χ4v) is 2.04. The van der Waals surface area contributed by atoms with Crippen LogP contribution in [0.2, 0.25) is 0 Å². The highest BCUT2D eigenvalue weighted by atomic mass is 31.1. The lowest BCUT2D eigenvalue weighted by atomic mass is 10.2. The van der Waals surface area contributed by atoms with E-state index in [2.05, 4.69) is 4.52 Å². The molecule has 0 N–H and O–H groups in total. The summed E-state index contributed by atoms with van der Waals surface area (Å²) in [5.41, 5.74) is 0.869. The van der Waals surface area contributed by atoms with E-state index in [0.717, 1.165) is 18.4 Å². The monoisotopic (exact) mass is 255 g/mol. The molecule has 92 valence electrons. The largest absolute Gasteiger partial charge is 0.562 e. The predicted octanol–water partition coefficient (Wildman–Crippen LogP) is 3.88. The van der Waals surface area contributed by atoms with E-state index in [0.29, 0.717) is 6.16 Å². The summed E-state index contributed by atoms with van der Waals surface area (Å²) in [6.07, 6.45) is 1.22. The number of benzene rings is 1. The lowest BCUT2D eigenvalue weighted by molar-refractivity contribution is 0.0956. The number of hydrogen-bond donors (Lipinski definition) is 0. The molecule has 4 nitrogen and oxygen atoms in total. The predicted molar refractivity (Wildman–Crippen MR) is 65.1 cm³/mol. The van der Waals surface area contributed by atoms with Crippen LogP contribution < -0.4 is 0 Å². The fraction of sp³-hybridized carbons (Fsp3) is 0.417. The second kappa shape index (κ2) is 7.80. The van der Waals surface area contributed by atoms with Crippen LogP contribution in [0.5, 0.6) is 0 Å². The lowest BCUT2D eigenvalue weighted by Crippen LogP contribution is -2.03. The molecule has 0 heterocycles. The molecule has 1 aromatic rings. The van der Waals surface area contributed by atoms with Gasteiger partial charge in [0.15, 0.2) is 6.16 Å². The van der Waals surface area contributed by atoms with Crippen molar-refractivity contribution in [2.75, 3.05) is 6.16 Å². The first kappa shape index (κ1) is 13.7.